The highest BCUT2D eigenvalue weighted by Gasteiger charge is 2.47. The van der Waals surface area contributed by atoms with Gasteiger partial charge in [-0.25, -0.2) is 15.0 Å². The predicted molar refractivity (Wildman–Crippen MR) is 253 cm³/mol. The topological polar surface area (TPSA) is 64.5 Å². The summed E-state index contributed by atoms with van der Waals surface area (Å²) in [5.41, 5.74) is 13.5. The van der Waals surface area contributed by atoms with Gasteiger partial charge in [0.1, 0.15) is 0 Å². The molecule has 6 heteroatoms. The third-order valence-corrected chi connectivity index (χ3v) is 13.5. The zero-order chi connectivity index (χ0) is 41.0. The lowest BCUT2D eigenvalue weighted by atomic mass is 9.68. The number of aromatic nitrogens is 5. The highest BCUT2D eigenvalue weighted by molar-refractivity contribution is 7.26. The van der Waals surface area contributed by atoms with Crippen LogP contribution in [0.5, 0.6) is 0 Å². The van der Waals surface area contributed by atoms with Crippen LogP contribution in [0.2, 0.25) is 0 Å². The van der Waals surface area contributed by atoms with E-state index in [2.05, 4.69) is 192 Å². The fraction of sp³-hybridized carbons (Fsp3) is 0.0179. The molecule has 0 bridgehead atoms. The minimum absolute atomic E-state index is 0.609. The lowest BCUT2D eigenvalue weighted by Gasteiger charge is -2.33. The SMILES string of the molecule is c1ccc(-c2ccccc2-c2nc(-c3ccc(-c4cccc5c4sc4ccccc45)cc3)nc(-c3cccc4c3-c3ccccc3C4(c3ccncc3)c3ccncc3)n2)cc1. The molecule has 0 amide bonds. The highest BCUT2D eigenvalue weighted by Crippen LogP contribution is 2.58. The van der Waals surface area contributed by atoms with Crippen molar-refractivity contribution in [2.75, 3.05) is 0 Å². The van der Waals surface area contributed by atoms with E-state index in [1.54, 1.807) is 0 Å². The second-order valence-electron chi connectivity index (χ2n) is 15.6. The molecule has 4 aromatic heterocycles. The Balaban J connectivity index is 1.08. The normalized spacial score (nSPS) is 12.6. The van der Waals surface area contributed by atoms with Gasteiger partial charge in [-0.1, -0.05) is 158 Å². The summed E-state index contributed by atoms with van der Waals surface area (Å²) in [6, 6.07) is 66.6. The molecule has 4 heterocycles. The molecular formula is C56H35N5S. The molecule has 1 aliphatic rings. The van der Waals surface area contributed by atoms with Crippen molar-refractivity contribution in [3.8, 4) is 67.5 Å². The Kier molecular flexibility index (Phi) is 8.50. The van der Waals surface area contributed by atoms with Crippen molar-refractivity contribution >= 4 is 31.5 Å². The highest BCUT2D eigenvalue weighted by atomic mass is 32.1. The summed E-state index contributed by atoms with van der Waals surface area (Å²) in [6.45, 7) is 0. The Labute approximate surface area is 362 Å². The molecule has 0 saturated carbocycles. The van der Waals surface area contributed by atoms with Gasteiger partial charge in [0.2, 0.25) is 0 Å². The van der Waals surface area contributed by atoms with Gasteiger partial charge in [-0.2, -0.15) is 0 Å². The number of hydrogen-bond donors (Lipinski definition) is 0. The van der Waals surface area contributed by atoms with Gasteiger partial charge in [0.05, 0.1) is 5.41 Å². The van der Waals surface area contributed by atoms with Crippen molar-refractivity contribution in [1.82, 2.24) is 24.9 Å². The molecule has 0 aliphatic heterocycles. The van der Waals surface area contributed by atoms with Gasteiger partial charge >= 0.3 is 0 Å². The summed E-state index contributed by atoms with van der Waals surface area (Å²) < 4.78 is 2.58. The first-order valence-electron chi connectivity index (χ1n) is 20.7. The van der Waals surface area contributed by atoms with E-state index in [1.807, 2.05) is 42.2 Å². The van der Waals surface area contributed by atoms with Gasteiger partial charge in [-0.05, 0) is 86.0 Å². The smallest absolute Gasteiger partial charge is 0.164 e. The standard InChI is InChI=1S/C56H35N5S/c1-2-12-36(13-3-1)41-14-4-5-16-45(41)54-59-53(38-26-24-37(25-27-38)42-18-10-19-44-43-15-7-9-23-50(43)62-52(42)44)60-55(61-54)47-20-11-22-49-51(47)46-17-6-8-21-48(46)56(49,39-28-32-57-33-29-39)40-30-34-58-35-31-40/h1-35H. The summed E-state index contributed by atoms with van der Waals surface area (Å²) in [5.74, 6) is 1.83. The van der Waals surface area contributed by atoms with Crippen molar-refractivity contribution in [2.45, 2.75) is 5.41 Å². The maximum atomic E-state index is 5.41. The molecule has 0 spiro atoms. The minimum Gasteiger partial charge on any atom is -0.265 e. The molecule has 1 aliphatic carbocycles. The van der Waals surface area contributed by atoms with Crippen LogP contribution in [0.1, 0.15) is 22.3 Å². The summed E-state index contributed by atoms with van der Waals surface area (Å²) >= 11 is 1.84. The van der Waals surface area contributed by atoms with E-state index in [0.717, 1.165) is 61.2 Å². The molecule has 0 saturated heterocycles. The average Bonchev–Trinajstić information content (AvgIpc) is 3.89. The molecule has 7 aromatic carbocycles. The second kappa shape index (κ2) is 14.7. The number of rotatable bonds is 7. The number of nitrogens with zero attached hydrogens (tertiary/aromatic N) is 5. The fourth-order valence-electron chi connectivity index (χ4n) is 9.57. The lowest BCUT2D eigenvalue weighted by molar-refractivity contribution is 0.764. The molecule has 0 N–H and O–H groups in total. The van der Waals surface area contributed by atoms with Crippen LogP contribution in [-0.2, 0) is 5.41 Å². The van der Waals surface area contributed by atoms with Crippen LogP contribution in [0.15, 0.2) is 213 Å². The third-order valence-electron chi connectivity index (χ3n) is 12.3. The third kappa shape index (κ3) is 5.65. The summed E-state index contributed by atoms with van der Waals surface area (Å²) in [6.07, 6.45) is 7.52. The van der Waals surface area contributed by atoms with Crippen LogP contribution in [0.25, 0.3) is 87.7 Å². The second-order valence-corrected chi connectivity index (χ2v) is 16.6. The molecule has 0 radical (unpaired) electrons. The Morgan fingerprint density at radius 3 is 1.61 bits per heavy atom. The summed E-state index contributed by atoms with van der Waals surface area (Å²) in [4.78, 5) is 25.0. The Hall–Kier alpha value is -7.93. The summed E-state index contributed by atoms with van der Waals surface area (Å²) in [5, 5.41) is 2.57. The van der Waals surface area contributed by atoms with E-state index < -0.39 is 5.41 Å². The van der Waals surface area contributed by atoms with Crippen molar-refractivity contribution in [1.29, 1.82) is 0 Å². The monoisotopic (exact) mass is 809 g/mol. The van der Waals surface area contributed by atoms with Gasteiger partial charge in [0.15, 0.2) is 17.5 Å². The van der Waals surface area contributed by atoms with E-state index in [9.17, 15) is 0 Å². The van der Waals surface area contributed by atoms with Crippen molar-refractivity contribution in [3.63, 3.8) is 0 Å². The van der Waals surface area contributed by atoms with Gasteiger partial charge in [-0.15, -0.1) is 11.3 Å². The summed E-state index contributed by atoms with van der Waals surface area (Å²) in [7, 11) is 0. The van der Waals surface area contributed by atoms with Gasteiger partial charge in [0, 0.05) is 61.7 Å². The zero-order valence-corrected chi connectivity index (χ0v) is 34.2. The number of fused-ring (bicyclic) bond motifs is 6. The first kappa shape index (κ1) is 36.0. The molecule has 290 valence electrons. The van der Waals surface area contributed by atoms with Crippen molar-refractivity contribution < 1.29 is 0 Å². The van der Waals surface area contributed by atoms with Gasteiger partial charge in [-0.3, -0.25) is 9.97 Å². The fourth-order valence-corrected chi connectivity index (χ4v) is 10.8. The number of hydrogen-bond acceptors (Lipinski definition) is 6. The number of benzene rings is 7. The van der Waals surface area contributed by atoms with E-state index in [-0.39, 0.29) is 0 Å². The average molecular weight is 810 g/mol. The zero-order valence-electron chi connectivity index (χ0n) is 33.4. The van der Waals surface area contributed by atoms with E-state index >= 15 is 0 Å². The first-order chi connectivity index (χ1) is 30.8. The van der Waals surface area contributed by atoms with E-state index in [1.165, 1.54) is 31.3 Å². The first-order valence-corrected chi connectivity index (χ1v) is 21.5. The van der Waals surface area contributed by atoms with Gasteiger partial charge in [0.25, 0.3) is 0 Å². The largest absolute Gasteiger partial charge is 0.265 e. The van der Waals surface area contributed by atoms with Crippen LogP contribution in [0.4, 0.5) is 0 Å². The molecule has 0 atom stereocenters. The van der Waals surface area contributed by atoms with E-state index in [0.29, 0.717) is 17.5 Å². The molecule has 62 heavy (non-hydrogen) atoms. The van der Waals surface area contributed by atoms with Crippen LogP contribution in [0.3, 0.4) is 0 Å². The van der Waals surface area contributed by atoms with E-state index in [4.69, 9.17) is 15.0 Å². The van der Waals surface area contributed by atoms with Gasteiger partial charge < -0.3 is 0 Å². The molecule has 0 unspecified atom stereocenters. The predicted octanol–water partition coefficient (Wildman–Crippen LogP) is 13.7. The van der Waals surface area contributed by atoms with Crippen LogP contribution >= 0.6 is 11.3 Å². The molecular weight excluding hydrogens is 775 g/mol. The van der Waals surface area contributed by atoms with Crippen LogP contribution < -0.4 is 0 Å². The Bertz CT molecular complexity index is 3420. The maximum Gasteiger partial charge on any atom is 0.164 e. The van der Waals surface area contributed by atoms with Crippen molar-refractivity contribution in [3.05, 3.63) is 235 Å². The van der Waals surface area contributed by atoms with Crippen molar-refractivity contribution in [2.24, 2.45) is 0 Å². The Morgan fingerprint density at radius 1 is 0.339 bits per heavy atom. The van der Waals surface area contributed by atoms with Crippen LogP contribution in [-0.4, -0.2) is 24.9 Å². The Morgan fingerprint density at radius 2 is 0.855 bits per heavy atom. The number of pyridine rings is 2. The quantitative estimate of drug-likeness (QED) is 0.160. The number of thiophene rings is 1. The molecule has 5 nitrogen and oxygen atoms in total. The maximum absolute atomic E-state index is 5.41. The molecule has 12 rings (SSSR count). The molecule has 0 fully saturated rings. The minimum atomic E-state index is -0.625. The lowest BCUT2D eigenvalue weighted by Crippen LogP contribution is -2.28. The van der Waals surface area contributed by atoms with Crippen LogP contribution in [0, 0.1) is 0 Å². The molecule has 11 aromatic rings.